The Balaban J connectivity index is 2.18. The lowest BCUT2D eigenvalue weighted by atomic mass is 9.77. The first-order valence-electron chi connectivity index (χ1n) is 5.91. The lowest BCUT2D eigenvalue weighted by molar-refractivity contribution is 0.426. The minimum absolute atomic E-state index is 0.503. The van der Waals surface area contributed by atoms with E-state index in [0.29, 0.717) is 5.46 Å². The minimum Gasteiger partial charge on any atom is -0.423 e. The molecule has 0 amide bonds. The summed E-state index contributed by atoms with van der Waals surface area (Å²) in [5, 5.41) is 20.4. The first-order valence-corrected chi connectivity index (χ1v) is 5.91. The van der Waals surface area contributed by atoms with Crippen LogP contribution in [0.4, 0.5) is 0 Å². The van der Waals surface area contributed by atoms with Gasteiger partial charge in [0, 0.05) is 18.0 Å². The normalized spacial score (nSPS) is 10.6. The van der Waals surface area contributed by atoms with Gasteiger partial charge in [-0.25, -0.2) is 0 Å². The predicted octanol–water partition coefficient (Wildman–Crippen LogP) is 0.977. The molecule has 1 aromatic heterocycles. The smallest absolute Gasteiger partial charge is 0.423 e. The molecule has 0 spiro atoms. The van der Waals surface area contributed by atoms with E-state index >= 15 is 0 Å². The van der Waals surface area contributed by atoms with E-state index in [9.17, 15) is 10.0 Å². The number of aromatic nitrogens is 2. The van der Waals surface area contributed by atoms with Gasteiger partial charge in [-0.3, -0.25) is 9.97 Å². The lowest BCUT2D eigenvalue weighted by Gasteiger charge is -2.07. The summed E-state index contributed by atoms with van der Waals surface area (Å²) >= 11 is 0. The molecule has 92 valence electrons. The van der Waals surface area contributed by atoms with Crippen LogP contribution in [0.2, 0.25) is 0 Å². The van der Waals surface area contributed by atoms with Crippen LogP contribution in [0.3, 0.4) is 0 Å². The Morgan fingerprint density at radius 3 is 2.63 bits per heavy atom. The highest BCUT2D eigenvalue weighted by atomic mass is 16.4. The molecule has 5 heteroatoms. The maximum Gasteiger partial charge on any atom is 0.489 e. The summed E-state index contributed by atoms with van der Waals surface area (Å²) < 4.78 is 0. The van der Waals surface area contributed by atoms with Crippen LogP contribution >= 0.6 is 0 Å². The highest BCUT2D eigenvalue weighted by Gasteiger charge is 2.14. The minimum atomic E-state index is -1.47. The van der Waals surface area contributed by atoms with Crippen molar-refractivity contribution in [2.75, 3.05) is 0 Å². The van der Waals surface area contributed by atoms with Crippen molar-refractivity contribution in [3.63, 3.8) is 0 Å². The van der Waals surface area contributed by atoms with Crippen molar-refractivity contribution >= 4 is 23.4 Å². The van der Waals surface area contributed by atoms with Crippen molar-refractivity contribution in [1.29, 1.82) is 0 Å². The Bertz CT molecular complexity index is 717. The number of hydrogen-bond donors (Lipinski definition) is 2. The number of hydrogen-bond acceptors (Lipinski definition) is 4. The van der Waals surface area contributed by atoms with Crippen molar-refractivity contribution in [3.8, 4) is 11.3 Å². The number of fused-ring (bicyclic) bond motifs is 1. The Hall–Kier alpha value is -2.24. The van der Waals surface area contributed by atoms with Crippen LogP contribution in [0.1, 0.15) is 0 Å². The van der Waals surface area contributed by atoms with Gasteiger partial charge in [-0.15, -0.1) is 0 Å². The zero-order valence-corrected chi connectivity index (χ0v) is 10.1. The fourth-order valence-corrected chi connectivity index (χ4v) is 2.14. The highest BCUT2D eigenvalue weighted by molar-refractivity contribution is 6.61. The molecule has 2 N–H and O–H groups in total. The van der Waals surface area contributed by atoms with Gasteiger partial charge in [0.1, 0.15) is 0 Å². The molecular formula is C14H11BN2O2. The fraction of sp³-hybridized carbons (Fsp3) is 0. The maximum atomic E-state index is 9.34. The SMILES string of the molecule is OB(O)c1cccc2cc(-c3cnccn3)ccc12. The number of nitrogens with zero attached hydrogens (tertiary/aromatic N) is 2. The summed E-state index contributed by atoms with van der Waals surface area (Å²) in [6.07, 6.45) is 4.98. The molecule has 0 saturated heterocycles. The molecule has 19 heavy (non-hydrogen) atoms. The lowest BCUT2D eigenvalue weighted by Crippen LogP contribution is -2.30. The zero-order chi connectivity index (χ0) is 13.2. The molecule has 0 bridgehead atoms. The third-order valence-corrected chi connectivity index (χ3v) is 3.05. The van der Waals surface area contributed by atoms with E-state index in [-0.39, 0.29) is 0 Å². The molecule has 0 aliphatic carbocycles. The Labute approximate surface area is 110 Å². The standard InChI is InChI=1S/C14H11BN2O2/c18-15(19)13-3-1-2-10-8-11(4-5-12(10)13)14-9-16-6-7-17-14/h1-9,18-19H. The first-order chi connectivity index (χ1) is 9.25. The van der Waals surface area contributed by atoms with Gasteiger partial charge in [-0.1, -0.05) is 30.3 Å². The van der Waals surface area contributed by atoms with Gasteiger partial charge < -0.3 is 10.0 Å². The monoisotopic (exact) mass is 250 g/mol. The van der Waals surface area contributed by atoms with Crippen molar-refractivity contribution in [1.82, 2.24) is 9.97 Å². The van der Waals surface area contributed by atoms with E-state index in [0.717, 1.165) is 22.0 Å². The van der Waals surface area contributed by atoms with E-state index in [1.807, 2.05) is 24.3 Å². The molecule has 4 nitrogen and oxygen atoms in total. The molecule has 0 unspecified atom stereocenters. The van der Waals surface area contributed by atoms with Crippen LogP contribution in [-0.4, -0.2) is 27.1 Å². The van der Waals surface area contributed by atoms with Crippen LogP contribution < -0.4 is 5.46 Å². The van der Waals surface area contributed by atoms with Crippen molar-refractivity contribution in [2.24, 2.45) is 0 Å². The highest BCUT2D eigenvalue weighted by Crippen LogP contribution is 2.21. The Kier molecular flexibility index (Phi) is 2.99. The topological polar surface area (TPSA) is 66.2 Å². The average molecular weight is 250 g/mol. The van der Waals surface area contributed by atoms with Crippen LogP contribution in [0.15, 0.2) is 55.0 Å². The summed E-state index contributed by atoms with van der Waals surface area (Å²) in [5.41, 5.74) is 2.24. The number of benzene rings is 2. The van der Waals surface area contributed by atoms with Crippen molar-refractivity contribution in [2.45, 2.75) is 0 Å². The van der Waals surface area contributed by atoms with Gasteiger partial charge in [0.25, 0.3) is 0 Å². The second kappa shape index (κ2) is 4.80. The Morgan fingerprint density at radius 1 is 1.00 bits per heavy atom. The quantitative estimate of drug-likeness (QED) is 0.665. The first kappa shape index (κ1) is 11.8. The van der Waals surface area contributed by atoms with Gasteiger partial charge in [0.15, 0.2) is 0 Å². The predicted molar refractivity (Wildman–Crippen MR) is 74.8 cm³/mol. The largest absolute Gasteiger partial charge is 0.489 e. The third kappa shape index (κ3) is 2.21. The molecule has 3 rings (SSSR count). The van der Waals surface area contributed by atoms with Gasteiger partial charge >= 0.3 is 7.12 Å². The van der Waals surface area contributed by atoms with E-state index < -0.39 is 7.12 Å². The maximum absolute atomic E-state index is 9.34. The van der Waals surface area contributed by atoms with Gasteiger partial charge in [0.2, 0.25) is 0 Å². The molecule has 0 radical (unpaired) electrons. The van der Waals surface area contributed by atoms with E-state index in [4.69, 9.17) is 0 Å². The summed E-state index contributed by atoms with van der Waals surface area (Å²) in [7, 11) is -1.47. The van der Waals surface area contributed by atoms with Crippen LogP contribution in [-0.2, 0) is 0 Å². The fourth-order valence-electron chi connectivity index (χ4n) is 2.14. The Morgan fingerprint density at radius 2 is 1.89 bits per heavy atom. The van der Waals surface area contributed by atoms with Crippen LogP contribution in [0, 0.1) is 0 Å². The number of rotatable bonds is 2. The van der Waals surface area contributed by atoms with E-state index in [2.05, 4.69) is 9.97 Å². The van der Waals surface area contributed by atoms with Crippen molar-refractivity contribution < 1.29 is 10.0 Å². The summed E-state index contributed by atoms with van der Waals surface area (Å²) in [6.45, 7) is 0. The van der Waals surface area contributed by atoms with Gasteiger partial charge in [-0.05, 0) is 22.3 Å². The summed E-state index contributed by atoms with van der Waals surface area (Å²) in [4.78, 5) is 8.30. The second-order valence-corrected chi connectivity index (χ2v) is 4.25. The van der Waals surface area contributed by atoms with Gasteiger partial charge in [0.05, 0.1) is 11.9 Å². The second-order valence-electron chi connectivity index (χ2n) is 4.25. The molecule has 0 aliphatic heterocycles. The van der Waals surface area contributed by atoms with Crippen LogP contribution in [0.25, 0.3) is 22.0 Å². The van der Waals surface area contributed by atoms with E-state index in [1.165, 1.54) is 0 Å². The van der Waals surface area contributed by atoms with Gasteiger partial charge in [-0.2, -0.15) is 0 Å². The molecule has 2 aromatic carbocycles. The third-order valence-electron chi connectivity index (χ3n) is 3.05. The molecule has 0 aliphatic rings. The molecule has 0 atom stereocenters. The molecule has 0 fully saturated rings. The summed E-state index contributed by atoms with van der Waals surface area (Å²) in [5.74, 6) is 0. The van der Waals surface area contributed by atoms with Crippen molar-refractivity contribution in [3.05, 3.63) is 55.0 Å². The zero-order valence-electron chi connectivity index (χ0n) is 10.1. The molecular weight excluding hydrogens is 239 g/mol. The van der Waals surface area contributed by atoms with E-state index in [1.54, 1.807) is 30.7 Å². The molecule has 3 aromatic rings. The average Bonchev–Trinajstić information content (AvgIpc) is 2.47. The molecule has 1 heterocycles. The summed E-state index contributed by atoms with van der Waals surface area (Å²) in [6, 6.07) is 11.2. The molecule has 0 saturated carbocycles. The van der Waals surface area contributed by atoms with Crippen LogP contribution in [0.5, 0.6) is 0 Å².